The molecule has 0 unspecified atom stereocenters. The van der Waals surface area contributed by atoms with Gasteiger partial charge in [-0.3, -0.25) is 19.4 Å². The van der Waals surface area contributed by atoms with Crippen LogP contribution in [0.3, 0.4) is 0 Å². The number of imidazole rings is 1. The Labute approximate surface area is 215 Å². The van der Waals surface area contributed by atoms with Gasteiger partial charge in [-0.1, -0.05) is 23.7 Å². The van der Waals surface area contributed by atoms with E-state index in [9.17, 15) is 18.4 Å². The van der Waals surface area contributed by atoms with Gasteiger partial charge in [0, 0.05) is 37.7 Å². The summed E-state index contributed by atoms with van der Waals surface area (Å²) >= 11 is 6.06. The standard InChI is InChI=1S/C25H23ClF2N6O3/c1-16(36)34(32-11-18-3-2-4-23(28)25(18)26)22(9-21-12-29-14-31-21)13-37-33(15-35)24-8-19-7-20(27)6-5-17(19)10-30-24/h2-8,10,12,14-15,22,32H,9,11,13H2,1H3,(H,29,31)/t22-/m0/s1. The molecule has 0 aliphatic carbocycles. The van der Waals surface area contributed by atoms with Crippen LogP contribution in [0, 0.1) is 11.6 Å². The molecule has 0 aliphatic rings. The van der Waals surface area contributed by atoms with Gasteiger partial charge in [0.2, 0.25) is 12.3 Å². The second-order valence-electron chi connectivity index (χ2n) is 8.12. The highest BCUT2D eigenvalue weighted by Gasteiger charge is 2.25. The van der Waals surface area contributed by atoms with Crippen LogP contribution in [-0.2, 0) is 27.4 Å². The summed E-state index contributed by atoms with van der Waals surface area (Å²) < 4.78 is 27.5. The fourth-order valence-corrected chi connectivity index (χ4v) is 3.95. The van der Waals surface area contributed by atoms with Gasteiger partial charge in [-0.25, -0.2) is 24.2 Å². The van der Waals surface area contributed by atoms with Crippen molar-refractivity contribution in [3.8, 4) is 0 Å². The lowest BCUT2D eigenvalue weighted by Gasteiger charge is -2.32. The Kier molecular flexibility index (Phi) is 8.39. The molecule has 4 rings (SSSR count). The van der Waals surface area contributed by atoms with Crippen molar-refractivity contribution in [3.63, 3.8) is 0 Å². The molecule has 0 bridgehead atoms. The third-order valence-electron chi connectivity index (χ3n) is 5.57. The normalized spacial score (nSPS) is 11.9. The lowest BCUT2D eigenvalue weighted by Crippen LogP contribution is -2.52. The molecular formula is C25H23ClF2N6O3. The minimum atomic E-state index is -0.645. The lowest BCUT2D eigenvalue weighted by molar-refractivity contribution is -0.137. The molecule has 1 atom stereocenters. The molecule has 192 valence electrons. The molecule has 0 fully saturated rings. The number of amides is 2. The van der Waals surface area contributed by atoms with Crippen molar-refractivity contribution in [2.24, 2.45) is 0 Å². The van der Waals surface area contributed by atoms with E-state index in [1.165, 1.54) is 54.8 Å². The van der Waals surface area contributed by atoms with E-state index in [4.69, 9.17) is 16.4 Å². The van der Waals surface area contributed by atoms with Crippen LogP contribution in [0.5, 0.6) is 0 Å². The third-order valence-corrected chi connectivity index (χ3v) is 6.00. The Morgan fingerprint density at radius 1 is 1.22 bits per heavy atom. The van der Waals surface area contributed by atoms with Crippen LogP contribution in [0.15, 0.2) is 61.2 Å². The van der Waals surface area contributed by atoms with E-state index in [0.717, 1.165) is 5.06 Å². The van der Waals surface area contributed by atoms with Gasteiger partial charge < -0.3 is 4.98 Å². The van der Waals surface area contributed by atoms with E-state index in [1.54, 1.807) is 18.3 Å². The zero-order valence-corrected chi connectivity index (χ0v) is 20.5. The first-order valence-corrected chi connectivity index (χ1v) is 11.6. The van der Waals surface area contributed by atoms with Gasteiger partial charge in [0.05, 0.1) is 29.7 Å². The fraction of sp³-hybridized carbons (Fsp3) is 0.200. The molecule has 0 aliphatic heterocycles. The Morgan fingerprint density at radius 2 is 2.05 bits per heavy atom. The number of carbonyl (C=O) groups excluding carboxylic acids is 2. The molecule has 9 nitrogen and oxygen atoms in total. The number of aromatic amines is 1. The number of hydrogen-bond acceptors (Lipinski definition) is 6. The minimum Gasteiger partial charge on any atom is -0.351 e. The van der Waals surface area contributed by atoms with Gasteiger partial charge in [0.15, 0.2) is 5.82 Å². The molecule has 0 radical (unpaired) electrons. The molecule has 2 N–H and O–H groups in total. The average Bonchev–Trinajstić information content (AvgIpc) is 3.39. The van der Waals surface area contributed by atoms with Gasteiger partial charge in [-0.05, 0) is 41.3 Å². The van der Waals surface area contributed by atoms with E-state index in [-0.39, 0.29) is 36.3 Å². The van der Waals surface area contributed by atoms with Gasteiger partial charge in [-0.2, -0.15) is 5.06 Å². The third kappa shape index (κ3) is 6.45. The number of nitrogens with one attached hydrogen (secondary N) is 2. The molecule has 0 saturated carbocycles. The maximum atomic E-state index is 13.9. The molecule has 37 heavy (non-hydrogen) atoms. The van der Waals surface area contributed by atoms with Crippen molar-refractivity contribution < 1.29 is 23.2 Å². The number of carbonyl (C=O) groups is 2. The largest absolute Gasteiger partial charge is 0.351 e. The topological polar surface area (TPSA) is 103 Å². The van der Waals surface area contributed by atoms with Crippen LogP contribution in [0.4, 0.5) is 14.6 Å². The van der Waals surface area contributed by atoms with Crippen molar-refractivity contribution in [2.45, 2.75) is 25.9 Å². The zero-order valence-electron chi connectivity index (χ0n) is 19.7. The number of hydroxylamine groups is 1. The van der Waals surface area contributed by atoms with E-state index in [0.29, 0.717) is 28.4 Å². The van der Waals surface area contributed by atoms with Crippen LogP contribution in [0.25, 0.3) is 10.8 Å². The van der Waals surface area contributed by atoms with Crippen molar-refractivity contribution in [2.75, 3.05) is 11.7 Å². The maximum absolute atomic E-state index is 13.9. The first-order valence-electron chi connectivity index (χ1n) is 11.2. The van der Waals surface area contributed by atoms with Crippen LogP contribution in [-0.4, -0.2) is 44.9 Å². The summed E-state index contributed by atoms with van der Waals surface area (Å²) in [6, 6.07) is 9.49. The molecule has 2 heterocycles. The van der Waals surface area contributed by atoms with Crippen molar-refractivity contribution in [3.05, 3.63) is 89.1 Å². The quantitative estimate of drug-likeness (QED) is 0.226. The predicted molar refractivity (Wildman–Crippen MR) is 133 cm³/mol. The summed E-state index contributed by atoms with van der Waals surface area (Å²) in [6.07, 6.45) is 5.36. The molecule has 4 aromatic rings. The number of fused-ring (bicyclic) bond motifs is 1. The highest BCUT2D eigenvalue weighted by Crippen LogP contribution is 2.22. The molecular weight excluding hydrogens is 506 g/mol. The number of rotatable bonds is 11. The molecule has 2 aromatic heterocycles. The van der Waals surface area contributed by atoms with E-state index in [2.05, 4.69) is 20.4 Å². The number of H-pyrrole nitrogens is 1. The van der Waals surface area contributed by atoms with Gasteiger partial charge in [0.25, 0.3) is 0 Å². The lowest BCUT2D eigenvalue weighted by atomic mass is 10.1. The molecule has 0 saturated heterocycles. The average molecular weight is 529 g/mol. The van der Waals surface area contributed by atoms with E-state index in [1.807, 2.05) is 0 Å². The summed E-state index contributed by atoms with van der Waals surface area (Å²) in [4.78, 5) is 41.5. The Morgan fingerprint density at radius 3 is 2.78 bits per heavy atom. The van der Waals surface area contributed by atoms with Crippen LogP contribution < -0.4 is 10.5 Å². The SMILES string of the molecule is CC(=O)N(NCc1cccc(F)c1Cl)[C@H](CON(C=O)c1cc2cc(F)ccc2cn1)Cc1c[nH]cn1. The summed E-state index contributed by atoms with van der Waals surface area (Å²) in [7, 11) is 0. The highest BCUT2D eigenvalue weighted by atomic mass is 35.5. The summed E-state index contributed by atoms with van der Waals surface area (Å²) in [5.41, 5.74) is 4.07. The van der Waals surface area contributed by atoms with E-state index < -0.39 is 17.7 Å². The van der Waals surface area contributed by atoms with Gasteiger partial charge >= 0.3 is 0 Å². The molecule has 0 spiro atoms. The fourth-order valence-electron chi connectivity index (χ4n) is 3.76. The van der Waals surface area contributed by atoms with E-state index >= 15 is 0 Å². The number of hydrazine groups is 1. The van der Waals surface area contributed by atoms with Crippen molar-refractivity contribution in [1.82, 2.24) is 25.4 Å². The maximum Gasteiger partial charge on any atom is 0.239 e. The minimum absolute atomic E-state index is 0.0513. The Balaban J connectivity index is 1.54. The number of halogens is 3. The summed E-state index contributed by atoms with van der Waals surface area (Å²) in [5, 5.41) is 3.40. The number of hydrogen-bond donors (Lipinski definition) is 2. The van der Waals surface area contributed by atoms with Crippen molar-refractivity contribution in [1.29, 1.82) is 0 Å². The monoisotopic (exact) mass is 528 g/mol. The van der Waals surface area contributed by atoms with Crippen LogP contribution in [0.2, 0.25) is 5.02 Å². The number of pyridine rings is 1. The van der Waals surface area contributed by atoms with Gasteiger partial charge in [-0.15, -0.1) is 0 Å². The second kappa shape index (κ2) is 11.9. The van der Waals surface area contributed by atoms with Crippen molar-refractivity contribution >= 4 is 40.5 Å². The number of anilines is 1. The molecule has 2 aromatic carbocycles. The van der Waals surface area contributed by atoms with Crippen LogP contribution in [0.1, 0.15) is 18.2 Å². The number of nitrogens with zero attached hydrogens (tertiary/aromatic N) is 4. The second-order valence-corrected chi connectivity index (χ2v) is 8.49. The summed E-state index contributed by atoms with van der Waals surface area (Å²) in [5.74, 6) is -1.21. The summed E-state index contributed by atoms with van der Waals surface area (Å²) in [6.45, 7) is 1.27. The predicted octanol–water partition coefficient (Wildman–Crippen LogP) is 3.95. The Hall–Kier alpha value is -3.93. The zero-order chi connectivity index (χ0) is 26.4. The number of benzene rings is 2. The highest BCUT2D eigenvalue weighted by molar-refractivity contribution is 6.31. The first kappa shape index (κ1) is 26.1. The molecule has 2 amide bonds. The first-order chi connectivity index (χ1) is 17.9. The van der Waals surface area contributed by atoms with Crippen LogP contribution >= 0.6 is 11.6 Å². The molecule has 12 heteroatoms. The smallest absolute Gasteiger partial charge is 0.239 e. The van der Waals surface area contributed by atoms with Gasteiger partial charge in [0.1, 0.15) is 11.6 Å². The number of aromatic nitrogens is 3. The Bertz CT molecular complexity index is 1390.